The van der Waals surface area contributed by atoms with Crippen molar-refractivity contribution in [1.82, 2.24) is 10.6 Å². The lowest BCUT2D eigenvalue weighted by atomic mass is 9.92. The SMILES string of the molecule is Cl.O=C(NCc1ccc(OC(F)F)cc1)C1CC12CCNCC2. The van der Waals surface area contributed by atoms with Crippen molar-refractivity contribution < 1.29 is 18.3 Å². The Morgan fingerprint density at radius 1 is 1.30 bits per heavy atom. The van der Waals surface area contributed by atoms with Gasteiger partial charge in [0.15, 0.2) is 0 Å². The highest BCUT2D eigenvalue weighted by atomic mass is 35.5. The standard InChI is InChI=1S/C16H20F2N2O2.ClH/c17-15(18)22-12-3-1-11(2-4-12)10-20-14(21)13-9-16(13)5-7-19-8-6-16;/h1-4,13,15,19H,5-10H2,(H,20,21);1H. The molecular weight excluding hydrogens is 326 g/mol. The highest BCUT2D eigenvalue weighted by molar-refractivity contribution is 5.85. The van der Waals surface area contributed by atoms with Gasteiger partial charge in [-0.2, -0.15) is 8.78 Å². The van der Waals surface area contributed by atoms with E-state index in [0.717, 1.165) is 37.9 Å². The molecule has 7 heteroatoms. The van der Waals surface area contributed by atoms with Gasteiger partial charge in [-0.1, -0.05) is 12.1 Å². The number of rotatable bonds is 5. The largest absolute Gasteiger partial charge is 0.435 e. The first-order chi connectivity index (χ1) is 10.6. The van der Waals surface area contributed by atoms with E-state index in [1.54, 1.807) is 12.1 Å². The summed E-state index contributed by atoms with van der Waals surface area (Å²) in [6.07, 6.45) is 3.14. The summed E-state index contributed by atoms with van der Waals surface area (Å²) >= 11 is 0. The molecule has 2 aliphatic rings. The first-order valence-electron chi connectivity index (χ1n) is 7.61. The van der Waals surface area contributed by atoms with Gasteiger partial charge in [0.2, 0.25) is 5.91 Å². The van der Waals surface area contributed by atoms with Crippen LogP contribution in [0.4, 0.5) is 8.78 Å². The summed E-state index contributed by atoms with van der Waals surface area (Å²) in [6, 6.07) is 6.34. The van der Waals surface area contributed by atoms with Gasteiger partial charge >= 0.3 is 6.61 Å². The van der Waals surface area contributed by atoms with Crippen molar-refractivity contribution in [2.75, 3.05) is 13.1 Å². The molecular formula is C16H21ClF2N2O2. The average molecular weight is 347 g/mol. The van der Waals surface area contributed by atoms with E-state index in [2.05, 4.69) is 15.4 Å². The molecule has 3 rings (SSSR count). The molecule has 1 atom stereocenters. The van der Waals surface area contributed by atoms with Crippen LogP contribution in [0.3, 0.4) is 0 Å². The van der Waals surface area contributed by atoms with Crippen LogP contribution in [0.15, 0.2) is 24.3 Å². The fourth-order valence-corrected chi connectivity index (χ4v) is 3.30. The number of hydrogen-bond acceptors (Lipinski definition) is 3. The van der Waals surface area contributed by atoms with E-state index in [9.17, 15) is 13.6 Å². The molecule has 2 N–H and O–H groups in total. The first-order valence-corrected chi connectivity index (χ1v) is 7.61. The molecule has 1 aliphatic carbocycles. The summed E-state index contributed by atoms with van der Waals surface area (Å²) in [4.78, 5) is 12.2. The third-order valence-electron chi connectivity index (χ3n) is 4.72. The summed E-state index contributed by atoms with van der Waals surface area (Å²) in [5, 5.41) is 6.26. The smallest absolute Gasteiger partial charge is 0.387 e. The maximum atomic E-state index is 12.2. The molecule has 0 radical (unpaired) electrons. The minimum absolute atomic E-state index is 0. The van der Waals surface area contributed by atoms with Crippen LogP contribution in [-0.4, -0.2) is 25.6 Å². The van der Waals surface area contributed by atoms with Crippen LogP contribution in [-0.2, 0) is 11.3 Å². The maximum Gasteiger partial charge on any atom is 0.387 e. The van der Waals surface area contributed by atoms with Gasteiger partial charge in [-0.05, 0) is 55.5 Å². The van der Waals surface area contributed by atoms with Crippen LogP contribution in [0.5, 0.6) is 5.75 Å². The zero-order valence-corrected chi connectivity index (χ0v) is 13.5. The summed E-state index contributed by atoms with van der Waals surface area (Å²) in [5.41, 5.74) is 1.10. The number of amides is 1. The van der Waals surface area contributed by atoms with Crippen LogP contribution in [0.2, 0.25) is 0 Å². The van der Waals surface area contributed by atoms with Gasteiger partial charge in [-0.3, -0.25) is 4.79 Å². The zero-order chi connectivity index (χ0) is 15.6. The van der Waals surface area contributed by atoms with Gasteiger partial charge in [0.05, 0.1) is 0 Å². The molecule has 0 aromatic heterocycles. The van der Waals surface area contributed by atoms with Gasteiger partial charge in [0, 0.05) is 12.5 Å². The maximum absolute atomic E-state index is 12.2. The van der Waals surface area contributed by atoms with Gasteiger partial charge in [-0.25, -0.2) is 0 Å². The molecule has 2 fully saturated rings. The lowest BCUT2D eigenvalue weighted by molar-refractivity contribution is -0.123. The van der Waals surface area contributed by atoms with Crippen LogP contribution < -0.4 is 15.4 Å². The Labute approximate surface area is 140 Å². The monoisotopic (exact) mass is 346 g/mol. The highest BCUT2D eigenvalue weighted by Gasteiger charge is 2.57. The highest BCUT2D eigenvalue weighted by Crippen LogP contribution is 2.58. The zero-order valence-electron chi connectivity index (χ0n) is 12.7. The number of benzene rings is 1. The van der Waals surface area contributed by atoms with Crippen molar-refractivity contribution in [3.63, 3.8) is 0 Å². The lowest BCUT2D eigenvalue weighted by Gasteiger charge is -2.23. The fourth-order valence-electron chi connectivity index (χ4n) is 3.30. The molecule has 1 heterocycles. The predicted octanol–water partition coefficient (Wildman–Crippen LogP) is 2.72. The number of piperidine rings is 1. The molecule has 1 spiro atoms. The molecule has 1 aliphatic heterocycles. The van der Waals surface area contributed by atoms with E-state index in [4.69, 9.17) is 0 Å². The third kappa shape index (κ3) is 4.32. The minimum Gasteiger partial charge on any atom is -0.435 e. The van der Waals surface area contributed by atoms with Gasteiger partial charge < -0.3 is 15.4 Å². The van der Waals surface area contributed by atoms with Crippen molar-refractivity contribution >= 4 is 18.3 Å². The van der Waals surface area contributed by atoms with Crippen molar-refractivity contribution in [2.45, 2.75) is 32.4 Å². The van der Waals surface area contributed by atoms with E-state index < -0.39 is 6.61 Å². The molecule has 1 unspecified atom stereocenters. The van der Waals surface area contributed by atoms with E-state index in [1.165, 1.54) is 12.1 Å². The molecule has 0 bridgehead atoms. The Morgan fingerprint density at radius 3 is 2.57 bits per heavy atom. The van der Waals surface area contributed by atoms with E-state index in [-0.39, 0.29) is 35.4 Å². The van der Waals surface area contributed by atoms with Crippen LogP contribution in [0, 0.1) is 11.3 Å². The van der Waals surface area contributed by atoms with Crippen LogP contribution in [0.1, 0.15) is 24.8 Å². The van der Waals surface area contributed by atoms with Crippen LogP contribution in [0.25, 0.3) is 0 Å². The molecule has 1 amide bonds. The van der Waals surface area contributed by atoms with E-state index in [0.29, 0.717) is 6.54 Å². The Morgan fingerprint density at radius 2 is 1.96 bits per heavy atom. The van der Waals surface area contributed by atoms with E-state index in [1.807, 2.05) is 0 Å². The number of nitrogens with one attached hydrogen (secondary N) is 2. The van der Waals surface area contributed by atoms with Crippen molar-refractivity contribution in [1.29, 1.82) is 0 Å². The third-order valence-corrected chi connectivity index (χ3v) is 4.72. The predicted molar refractivity (Wildman–Crippen MR) is 84.8 cm³/mol. The molecule has 4 nitrogen and oxygen atoms in total. The van der Waals surface area contributed by atoms with Crippen molar-refractivity contribution in [3.8, 4) is 5.75 Å². The molecule has 1 aromatic carbocycles. The Balaban J connectivity index is 0.00000192. The summed E-state index contributed by atoms with van der Waals surface area (Å²) in [5.74, 6) is 0.367. The van der Waals surface area contributed by atoms with Gasteiger partial charge in [0.25, 0.3) is 0 Å². The Hall–Kier alpha value is -1.40. The number of alkyl halides is 2. The summed E-state index contributed by atoms with van der Waals surface area (Å²) in [7, 11) is 0. The molecule has 1 saturated carbocycles. The summed E-state index contributed by atoms with van der Waals surface area (Å²) in [6.45, 7) is -0.412. The molecule has 128 valence electrons. The number of hydrogen-bond donors (Lipinski definition) is 2. The molecule has 23 heavy (non-hydrogen) atoms. The topological polar surface area (TPSA) is 50.4 Å². The Kier molecular flexibility index (Phi) is 5.81. The molecule has 1 saturated heterocycles. The average Bonchev–Trinajstić information content (AvgIpc) is 3.20. The second kappa shape index (κ2) is 7.45. The van der Waals surface area contributed by atoms with Gasteiger partial charge in [0.1, 0.15) is 5.75 Å². The number of carbonyl (C=O) groups is 1. The number of ether oxygens (including phenoxy) is 1. The second-order valence-electron chi connectivity index (χ2n) is 6.11. The van der Waals surface area contributed by atoms with Crippen molar-refractivity contribution in [3.05, 3.63) is 29.8 Å². The van der Waals surface area contributed by atoms with Gasteiger partial charge in [-0.15, -0.1) is 12.4 Å². The minimum atomic E-state index is -2.82. The number of carbonyl (C=O) groups excluding carboxylic acids is 1. The van der Waals surface area contributed by atoms with Crippen LogP contribution >= 0.6 is 12.4 Å². The quantitative estimate of drug-likeness (QED) is 0.862. The van der Waals surface area contributed by atoms with E-state index >= 15 is 0 Å². The fraction of sp³-hybridized carbons (Fsp3) is 0.562. The number of halogens is 3. The van der Waals surface area contributed by atoms with Crippen molar-refractivity contribution in [2.24, 2.45) is 11.3 Å². The lowest BCUT2D eigenvalue weighted by Crippen LogP contribution is -2.33. The normalized spacial score (nSPS) is 21.6. The summed E-state index contributed by atoms with van der Waals surface area (Å²) < 4.78 is 28.4. The second-order valence-corrected chi connectivity index (χ2v) is 6.11. The Bertz CT molecular complexity index is 533. The first kappa shape index (κ1) is 17.9. The molecule has 1 aromatic rings.